The van der Waals surface area contributed by atoms with E-state index in [1.807, 2.05) is 6.07 Å². The Morgan fingerprint density at radius 2 is 1.74 bits per heavy atom. The predicted octanol–water partition coefficient (Wildman–Crippen LogP) is 6.75. The topological polar surface area (TPSA) is 56.5 Å². The van der Waals surface area contributed by atoms with Gasteiger partial charge in [0.1, 0.15) is 6.10 Å². The lowest BCUT2D eigenvalue weighted by molar-refractivity contribution is -0.151. The molecular weight excluding hydrogens is 388 g/mol. The van der Waals surface area contributed by atoms with Crippen LogP contribution in [-0.4, -0.2) is 11.8 Å². The predicted molar refractivity (Wildman–Crippen MR) is 118 cm³/mol. The molecular formula is C27H38O4. The molecule has 170 valence electrons. The Kier molecular flexibility index (Phi) is 4.45. The zero-order chi connectivity index (χ0) is 22.4. The third-order valence-corrected chi connectivity index (χ3v) is 10.6. The minimum absolute atomic E-state index is 0.0744. The van der Waals surface area contributed by atoms with E-state index in [1.54, 1.807) is 6.26 Å². The van der Waals surface area contributed by atoms with Gasteiger partial charge in [0.25, 0.3) is 0 Å². The minimum Gasteiger partial charge on any atom is -0.461 e. The molecule has 0 radical (unpaired) electrons. The van der Waals surface area contributed by atoms with Gasteiger partial charge in [-0.25, -0.2) is 0 Å². The van der Waals surface area contributed by atoms with Crippen molar-refractivity contribution in [2.75, 3.05) is 0 Å². The molecule has 0 amide bonds. The summed E-state index contributed by atoms with van der Waals surface area (Å²) < 4.78 is 11.5. The van der Waals surface area contributed by atoms with E-state index in [0.29, 0.717) is 29.4 Å². The van der Waals surface area contributed by atoms with Crippen molar-refractivity contribution in [1.29, 1.82) is 0 Å². The molecule has 7 atom stereocenters. The van der Waals surface area contributed by atoms with Crippen molar-refractivity contribution in [3.63, 3.8) is 0 Å². The summed E-state index contributed by atoms with van der Waals surface area (Å²) in [7, 11) is 0. The van der Waals surface area contributed by atoms with Gasteiger partial charge in [-0.1, -0.05) is 41.0 Å². The van der Waals surface area contributed by atoms with Crippen molar-refractivity contribution in [3.05, 3.63) is 23.7 Å². The highest BCUT2D eigenvalue weighted by atomic mass is 16.5. The Balaban J connectivity index is 1.61. The minimum atomic E-state index is -0.472. The quantitative estimate of drug-likeness (QED) is 0.466. The zero-order valence-corrected chi connectivity index (χ0v) is 20.0. The maximum absolute atomic E-state index is 14.0. The molecule has 3 saturated carbocycles. The lowest BCUT2D eigenvalue weighted by Crippen LogP contribution is -2.54. The first kappa shape index (κ1) is 21.3. The van der Waals surface area contributed by atoms with E-state index < -0.39 is 11.5 Å². The van der Waals surface area contributed by atoms with E-state index in [2.05, 4.69) is 34.6 Å². The SMILES string of the molecule is CC(=O)O[C@@H]1C[C@H]2[C@]3(C)CC[C@H]4C(C)(C)CCC[C@]4(C)[C@H]3C[C@]2(C)C(=O)c2occc21. The number of esters is 1. The molecule has 4 nitrogen and oxygen atoms in total. The van der Waals surface area contributed by atoms with Gasteiger partial charge in [0.2, 0.25) is 5.78 Å². The van der Waals surface area contributed by atoms with Crippen LogP contribution in [-0.2, 0) is 9.53 Å². The number of carbonyl (C=O) groups excluding carboxylic acids is 2. The van der Waals surface area contributed by atoms with E-state index in [4.69, 9.17) is 9.15 Å². The van der Waals surface area contributed by atoms with Crippen molar-refractivity contribution >= 4 is 11.8 Å². The molecule has 4 aliphatic rings. The first-order valence-electron chi connectivity index (χ1n) is 12.2. The van der Waals surface area contributed by atoms with Gasteiger partial charge < -0.3 is 9.15 Å². The summed E-state index contributed by atoms with van der Waals surface area (Å²) in [6, 6.07) is 1.83. The summed E-state index contributed by atoms with van der Waals surface area (Å²) in [5.74, 6) is 1.65. The highest BCUT2D eigenvalue weighted by molar-refractivity contribution is 6.00. The molecule has 1 aromatic heterocycles. The summed E-state index contributed by atoms with van der Waals surface area (Å²) in [5, 5.41) is 0. The van der Waals surface area contributed by atoms with Crippen LogP contribution in [0, 0.1) is 39.4 Å². The Morgan fingerprint density at radius 3 is 2.45 bits per heavy atom. The van der Waals surface area contributed by atoms with Gasteiger partial charge in [0.15, 0.2) is 5.76 Å². The van der Waals surface area contributed by atoms with Crippen LogP contribution in [0.15, 0.2) is 16.7 Å². The lowest BCUT2D eigenvalue weighted by atomic mass is 9.43. The highest BCUT2D eigenvalue weighted by Crippen LogP contribution is 2.74. The second-order valence-electron chi connectivity index (χ2n) is 12.5. The summed E-state index contributed by atoms with van der Waals surface area (Å²) in [6.07, 6.45) is 9.05. The Morgan fingerprint density at radius 1 is 1.03 bits per heavy atom. The molecule has 1 aromatic rings. The molecule has 0 aromatic carbocycles. The molecule has 3 fully saturated rings. The molecule has 0 bridgehead atoms. The van der Waals surface area contributed by atoms with Crippen molar-refractivity contribution in [2.24, 2.45) is 39.4 Å². The normalized spacial score (nSPS) is 45.7. The maximum atomic E-state index is 14.0. The van der Waals surface area contributed by atoms with Crippen LogP contribution in [0.1, 0.15) is 109 Å². The number of ether oxygens (including phenoxy) is 1. The lowest BCUT2D eigenvalue weighted by Gasteiger charge is -2.62. The van der Waals surface area contributed by atoms with Crippen LogP contribution in [0.25, 0.3) is 0 Å². The van der Waals surface area contributed by atoms with E-state index in [0.717, 1.165) is 18.4 Å². The number of ketones is 1. The first-order chi connectivity index (χ1) is 14.4. The number of rotatable bonds is 1. The van der Waals surface area contributed by atoms with E-state index in [1.165, 1.54) is 32.6 Å². The number of Topliss-reactive ketones (excluding diaryl/α,β-unsaturated/α-hetero) is 1. The van der Waals surface area contributed by atoms with Gasteiger partial charge in [0.05, 0.1) is 6.26 Å². The molecule has 0 saturated heterocycles. The van der Waals surface area contributed by atoms with Gasteiger partial charge in [-0.05, 0) is 78.6 Å². The molecule has 0 unspecified atom stereocenters. The van der Waals surface area contributed by atoms with E-state index >= 15 is 0 Å². The fraction of sp³-hybridized carbons (Fsp3) is 0.778. The average molecular weight is 427 g/mol. The Hall–Kier alpha value is -1.58. The molecule has 31 heavy (non-hydrogen) atoms. The van der Waals surface area contributed by atoms with Crippen LogP contribution in [0.4, 0.5) is 0 Å². The van der Waals surface area contributed by atoms with Crippen molar-refractivity contribution < 1.29 is 18.7 Å². The molecule has 4 aliphatic carbocycles. The van der Waals surface area contributed by atoms with Crippen molar-refractivity contribution in [3.8, 4) is 0 Å². The fourth-order valence-corrected chi connectivity index (χ4v) is 9.31. The molecule has 4 heteroatoms. The monoisotopic (exact) mass is 426 g/mol. The molecule has 0 spiro atoms. The number of hydrogen-bond acceptors (Lipinski definition) is 4. The summed E-state index contributed by atoms with van der Waals surface area (Å²) >= 11 is 0. The summed E-state index contributed by atoms with van der Waals surface area (Å²) in [6.45, 7) is 13.5. The average Bonchev–Trinajstić information content (AvgIpc) is 3.21. The maximum Gasteiger partial charge on any atom is 0.303 e. The Labute approximate surface area is 186 Å². The second-order valence-corrected chi connectivity index (χ2v) is 12.5. The van der Waals surface area contributed by atoms with E-state index in [-0.39, 0.29) is 28.5 Å². The van der Waals surface area contributed by atoms with Gasteiger partial charge in [0, 0.05) is 17.9 Å². The summed E-state index contributed by atoms with van der Waals surface area (Å²) in [5.41, 5.74) is 0.978. The van der Waals surface area contributed by atoms with Gasteiger partial charge in [-0.15, -0.1) is 0 Å². The number of carbonyl (C=O) groups is 2. The van der Waals surface area contributed by atoms with Crippen molar-refractivity contribution in [2.45, 2.75) is 92.6 Å². The van der Waals surface area contributed by atoms with Crippen LogP contribution < -0.4 is 0 Å². The smallest absolute Gasteiger partial charge is 0.303 e. The highest BCUT2D eigenvalue weighted by Gasteiger charge is 2.69. The van der Waals surface area contributed by atoms with Crippen LogP contribution in [0.3, 0.4) is 0 Å². The third-order valence-electron chi connectivity index (χ3n) is 10.6. The Bertz CT molecular complexity index is 927. The van der Waals surface area contributed by atoms with Gasteiger partial charge in [-0.2, -0.15) is 0 Å². The van der Waals surface area contributed by atoms with Gasteiger partial charge >= 0.3 is 5.97 Å². The second kappa shape index (κ2) is 6.48. The fourth-order valence-electron chi connectivity index (χ4n) is 9.31. The van der Waals surface area contributed by atoms with Gasteiger partial charge in [-0.3, -0.25) is 9.59 Å². The third kappa shape index (κ3) is 2.72. The standard InChI is InChI=1S/C27H38O4/c1-16(28)31-18-14-20-26(5)12-8-19-24(2,3)10-7-11-25(19,4)21(26)15-27(20,6)23(29)22-17(18)9-13-30-22/h9,13,18-21H,7-8,10-12,14-15H2,1-6H3/t18-,19+,20+,21-,25+,26+,27+/m1/s1. The molecule has 5 rings (SSSR count). The first-order valence-corrected chi connectivity index (χ1v) is 12.2. The largest absolute Gasteiger partial charge is 0.461 e. The number of furan rings is 1. The molecule has 0 aliphatic heterocycles. The molecule has 1 heterocycles. The van der Waals surface area contributed by atoms with Crippen LogP contribution >= 0.6 is 0 Å². The van der Waals surface area contributed by atoms with Crippen molar-refractivity contribution in [1.82, 2.24) is 0 Å². The zero-order valence-electron chi connectivity index (χ0n) is 20.0. The van der Waals surface area contributed by atoms with Crippen LogP contribution in [0.2, 0.25) is 0 Å². The van der Waals surface area contributed by atoms with E-state index in [9.17, 15) is 9.59 Å². The van der Waals surface area contributed by atoms with Crippen LogP contribution in [0.5, 0.6) is 0 Å². The summed E-state index contributed by atoms with van der Waals surface area (Å²) in [4.78, 5) is 25.9. The number of fused-ring (bicyclic) bond motifs is 6. The number of hydrogen-bond donors (Lipinski definition) is 0. The molecule has 0 N–H and O–H groups in total.